The van der Waals surface area contributed by atoms with E-state index in [1.165, 1.54) is 7.11 Å². The van der Waals surface area contributed by atoms with Gasteiger partial charge in [-0.05, 0) is 36.4 Å². The average molecular weight is 324 g/mol. The smallest absolute Gasteiger partial charge is 0.411 e. The quantitative estimate of drug-likeness (QED) is 0.775. The van der Waals surface area contributed by atoms with Gasteiger partial charge in [-0.2, -0.15) is 5.10 Å². The highest BCUT2D eigenvalue weighted by molar-refractivity contribution is 6.06. The van der Waals surface area contributed by atoms with Crippen LogP contribution in [0.3, 0.4) is 0 Å². The molecule has 2 N–H and O–H groups in total. The summed E-state index contributed by atoms with van der Waals surface area (Å²) in [6.45, 7) is 0. The summed E-state index contributed by atoms with van der Waals surface area (Å²) in [7, 11) is 3.14. The predicted octanol–water partition coefficient (Wildman–Crippen LogP) is 3.00. The Morgan fingerprint density at radius 2 is 1.88 bits per heavy atom. The summed E-state index contributed by atoms with van der Waals surface area (Å²) in [5.74, 6) is -0.272. The molecule has 0 aliphatic rings. The Bertz CT molecular complexity index is 917. The zero-order chi connectivity index (χ0) is 17.1. The minimum Gasteiger partial charge on any atom is -0.453 e. The normalized spacial score (nSPS) is 10.4. The molecule has 7 heteroatoms. The maximum Gasteiger partial charge on any atom is 0.411 e. The van der Waals surface area contributed by atoms with E-state index < -0.39 is 6.09 Å². The van der Waals surface area contributed by atoms with Crippen molar-refractivity contribution in [3.05, 3.63) is 54.2 Å². The van der Waals surface area contributed by atoms with Crippen LogP contribution in [0.5, 0.6) is 0 Å². The number of methoxy groups -OCH3 is 1. The third-order valence-electron chi connectivity index (χ3n) is 3.56. The van der Waals surface area contributed by atoms with Crippen LogP contribution < -0.4 is 10.6 Å². The van der Waals surface area contributed by atoms with Crippen LogP contribution in [0.1, 0.15) is 10.4 Å². The lowest BCUT2D eigenvalue weighted by Gasteiger charge is -2.08. The summed E-state index contributed by atoms with van der Waals surface area (Å²) >= 11 is 0. The number of aromatic nitrogens is 2. The minimum absolute atomic E-state index is 0.272. The van der Waals surface area contributed by atoms with Crippen molar-refractivity contribution < 1.29 is 14.3 Å². The van der Waals surface area contributed by atoms with E-state index in [2.05, 4.69) is 20.5 Å². The number of fused-ring (bicyclic) bond motifs is 1. The van der Waals surface area contributed by atoms with Gasteiger partial charge in [0, 0.05) is 29.4 Å². The highest BCUT2D eigenvalue weighted by atomic mass is 16.5. The molecule has 0 saturated heterocycles. The lowest BCUT2D eigenvalue weighted by molar-refractivity contribution is 0.102. The standard InChI is InChI=1S/C17H16N4O3/c1-21-15-7-6-14(9-12(15)10-18-21)19-16(22)11-4-3-5-13(8-11)20-17(23)24-2/h3-10H,1-2H3,(H,19,22)(H,20,23). The molecule has 3 rings (SSSR count). The molecule has 0 radical (unpaired) electrons. The monoisotopic (exact) mass is 324 g/mol. The number of carbonyl (C=O) groups is 2. The zero-order valence-electron chi connectivity index (χ0n) is 13.2. The Hall–Kier alpha value is -3.35. The first-order valence-electron chi connectivity index (χ1n) is 7.25. The Kier molecular flexibility index (Phi) is 4.15. The minimum atomic E-state index is -0.588. The molecule has 0 aliphatic carbocycles. The van der Waals surface area contributed by atoms with Gasteiger partial charge in [-0.15, -0.1) is 0 Å². The van der Waals surface area contributed by atoms with E-state index >= 15 is 0 Å². The Balaban J connectivity index is 1.78. The van der Waals surface area contributed by atoms with Crippen molar-refractivity contribution in [2.45, 2.75) is 0 Å². The fourth-order valence-corrected chi connectivity index (χ4v) is 2.35. The van der Waals surface area contributed by atoms with Gasteiger partial charge in [0.25, 0.3) is 5.91 Å². The fourth-order valence-electron chi connectivity index (χ4n) is 2.35. The molecule has 1 aromatic heterocycles. The molecular weight excluding hydrogens is 308 g/mol. The van der Waals surface area contributed by atoms with Gasteiger partial charge < -0.3 is 10.1 Å². The molecule has 2 amide bonds. The molecule has 0 unspecified atom stereocenters. The van der Waals surface area contributed by atoms with Crippen LogP contribution >= 0.6 is 0 Å². The van der Waals surface area contributed by atoms with Crippen molar-refractivity contribution in [1.82, 2.24) is 9.78 Å². The highest BCUT2D eigenvalue weighted by Crippen LogP contribution is 2.19. The third kappa shape index (κ3) is 3.19. The van der Waals surface area contributed by atoms with Gasteiger partial charge in [0.1, 0.15) is 0 Å². The molecular formula is C17H16N4O3. The van der Waals surface area contributed by atoms with Gasteiger partial charge in [-0.25, -0.2) is 4.79 Å². The van der Waals surface area contributed by atoms with Crippen LogP contribution in [0.25, 0.3) is 10.9 Å². The molecule has 0 spiro atoms. The number of rotatable bonds is 3. The van der Waals surface area contributed by atoms with Crippen molar-refractivity contribution in [3.8, 4) is 0 Å². The number of carbonyl (C=O) groups excluding carboxylic acids is 2. The molecule has 0 bridgehead atoms. The Morgan fingerprint density at radius 1 is 1.08 bits per heavy atom. The van der Waals surface area contributed by atoms with E-state index in [0.717, 1.165) is 10.9 Å². The summed E-state index contributed by atoms with van der Waals surface area (Å²) in [4.78, 5) is 23.6. The summed E-state index contributed by atoms with van der Waals surface area (Å²) in [6.07, 6.45) is 1.15. The number of hydrogen-bond donors (Lipinski definition) is 2. The topological polar surface area (TPSA) is 85.2 Å². The fraction of sp³-hybridized carbons (Fsp3) is 0.118. The molecule has 0 fully saturated rings. The lowest BCUT2D eigenvalue weighted by Crippen LogP contribution is -2.14. The SMILES string of the molecule is COC(=O)Nc1cccc(C(=O)Nc2ccc3c(cnn3C)c2)c1. The molecule has 2 aromatic carbocycles. The van der Waals surface area contributed by atoms with Crippen LogP contribution in [0, 0.1) is 0 Å². The van der Waals surface area contributed by atoms with Gasteiger partial charge >= 0.3 is 6.09 Å². The van der Waals surface area contributed by atoms with Crippen LogP contribution in [0.2, 0.25) is 0 Å². The van der Waals surface area contributed by atoms with Crippen LogP contribution in [-0.4, -0.2) is 28.9 Å². The first-order valence-corrected chi connectivity index (χ1v) is 7.25. The van der Waals surface area contributed by atoms with Crippen LogP contribution in [0.15, 0.2) is 48.7 Å². The summed E-state index contributed by atoms with van der Waals surface area (Å²) in [5.41, 5.74) is 2.57. The van der Waals surface area contributed by atoms with Crippen molar-refractivity contribution in [2.24, 2.45) is 7.05 Å². The van der Waals surface area contributed by atoms with Gasteiger partial charge in [0.15, 0.2) is 0 Å². The molecule has 122 valence electrons. The van der Waals surface area contributed by atoms with Gasteiger partial charge in [-0.1, -0.05) is 6.07 Å². The average Bonchev–Trinajstić information content (AvgIpc) is 2.95. The van der Waals surface area contributed by atoms with Gasteiger partial charge in [0.05, 0.1) is 18.8 Å². The first kappa shape index (κ1) is 15.5. The maximum atomic E-state index is 12.4. The zero-order valence-corrected chi connectivity index (χ0v) is 13.2. The number of nitrogens with zero attached hydrogens (tertiary/aromatic N) is 2. The number of hydrogen-bond acceptors (Lipinski definition) is 4. The van der Waals surface area contributed by atoms with Gasteiger partial charge in [0.2, 0.25) is 0 Å². The Labute approximate surface area is 138 Å². The molecule has 0 saturated carbocycles. The Morgan fingerprint density at radius 3 is 2.67 bits per heavy atom. The second-order valence-electron chi connectivity index (χ2n) is 5.19. The van der Waals surface area contributed by atoms with E-state index in [9.17, 15) is 9.59 Å². The number of nitrogens with one attached hydrogen (secondary N) is 2. The molecule has 1 heterocycles. The second kappa shape index (κ2) is 6.41. The van der Waals surface area contributed by atoms with E-state index in [-0.39, 0.29) is 5.91 Å². The molecule has 3 aromatic rings. The van der Waals surface area contributed by atoms with E-state index in [4.69, 9.17) is 0 Å². The highest BCUT2D eigenvalue weighted by Gasteiger charge is 2.09. The van der Waals surface area contributed by atoms with Gasteiger partial charge in [-0.3, -0.25) is 14.8 Å². The first-order chi connectivity index (χ1) is 11.6. The van der Waals surface area contributed by atoms with Crippen molar-refractivity contribution in [2.75, 3.05) is 17.7 Å². The number of aryl methyl sites for hydroxylation is 1. The maximum absolute atomic E-state index is 12.4. The number of anilines is 2. The van der Waals surface area contributed by atoms with Crippen LogP contribution in [0.4, 0.5) is 16.2 Å². The van der Waals surface area contributed by atoms with Crippen molar-refractivity contribution in [1.29, 1.82) is 0 Å². The summed E-state index contributed by atoms with van der Waals surface area (Å²) in [6, 6.07) is 12.2. The molecule has 0 aliphatic heterocycles. The van der Waals surface area contributed by atoms with E-state index in [0.29, 0.717) is 16.9 Å². The predicted molar refractivity (Wildman–Crippen MR) is 91.1 cm³/mol. The van der Waals surface area contributed by atoms with Crippen molar-refractivity contribution in [3.63, 3.8) is 0 Å². The van der Waals surface area contributed by atoms with E-state index in [1.54, 1.807) is 35.1 Å². The molecule has 0 atom stereocenters. The summed E-state index contributed by atoms with van der Waals surface area (Å²) in [5, 5.41) is 10.5. The van der Waals surface area contributed by atoms with Crippen molar-refractivity contribution >= 4 is 34.3 Å². The molecule has 7 nitrogen and oxygen atoms in total. The summed E-state index contributed by atoms with van der Waals surface area (Å²) < 4.78 is 6.30. The number of ether oxygens (including phenoxy) is 1. The molecule has 24 heavy (non-hydrogen) atoms. The third-order valence-corrected chi connectivity index (χ3v) is 3.56. The van der Waals surface area contributed by atoms with E-state index in [1.807, 2.05) is 25.2 Å². The number of amides is 2. The lowest BCUT2D eigenvalue weighted by atomic mass is 10.1. The largest absolute Gasteiger partial charge is 0.453 e. The van der Waals surface area contributed by atoms with Crippen LogP contribution in [-0.2, 0) is 11.8 Å². The number of benzene rings is 2. The second-order valence-corrected chi connectivity index (χ2v) is 5.19.